The van der Waals surface area contributed by atoms with Crippen LogP contribution in [0, 0.1) is 12.8 Å². The third-order valence-electron chi connectivity index (χ3n) is 4.56. The van der Waals surface area contributed by atoms with Crippen LogP contribution in [-0.4, -0.2) is 40.3 Å². The van der Waals surface area contributed by atoms with Gasteiger partial charge < -0.3 is 26.6 Å². The lowest BCUT2D eigenvalue weighted by Gasteiger charge is -2.32. The first-order valence-corrected chi connectivity index (χ1v) is 8.83. The molecule has 2 aliphatic rings. The van der Waals surface area contributed by atoms with Crippen molar-refractivity contribution in [3.63, 3.8) is 0 Å². The van der Waals surface area contributed by atoms with E-state index in [-0.39, 0.29) is 41.2 Å². The highest BCUT2D eigenvalue weighted by molar-refractivity contribution is 7.16. The van der Waals surface area contributed by atoms with E-state index in [1.54, 1.807) is 0 Å². The van der Waals surface area contributed by atoms with Gasteiger partial charge in [-0.05, 0) is 43.9 Å². The predicted molar refractivity (Wildman–Crippen MR) is 120 cm³/mol. The van der Waals surface area contributed by atoms with Gasteiger partial charge in [0.15, 0.2) is 0 Å². The highest BCUT2D eigenvalue weighted by atomic mass is 35.5. The van der Waals surface area contributed by atoms with Crippen LogP contribution in [0.3, 0.4) is 0 Å². The Morgan fingerprint density at radius 1 is 1.07 bits per heavy atom. The molecule has 154 valence electrons. The maximum absolute atomic E-state index is 5.03. The second-order valence-corrected chi connectivity index (χ2v) is 7.60. The fourth-order valence-corrected chi connectivity index (χ4v) is 4.13. The minimum atomic E-state index is 0. The number of aliphatic imine (C=N–C) groups is 1. The van der Waals surface area contributed by atoms with Gasteiger partial charge >= 0.3 is 0 Å². The summed E-state index contributed by atoms with van der Waals surface area (Å²) in [7, 11) is 0. The van der Waals surface area contributed by atoms with Crippen LogP contribution in [0.4, 0.5) is 16.4 Å². The van der Waals surface area contributed by atoms with Gasteiger partial charge in [-0.1, -0.05) is 19.1 Å². The van der Waals surface area contributed by atoms with Crippen molar-refractivity contribution in [2.24, 2.45) is 10.9 Å². The molecule has 4 rings (SSSR count). The van der Waals surface area contributed by atoms with Crippen molar-refractivity contribution in [2.75, 3.05) is 18.4 Å². The largest absolute Gasteiger partial charge is 0.412 e. The smallest absolute Gasteiger partial charge is 0.139 e. The maximum Gasteiger partial charge on any atom is 0.139 e. The first-order valence-electron chi connectivity index (χ1n) is 8.01. The molecular formula is C18H29Cl2N3O3S. The number of aryl methyl sites for hydroxylation is 1. The zero-order valence-corrected chi connectivity index (χ0v) is 17.9. The SMILES string of the molecule is Cc1cc2c(s1)Nc1ccccc1N=C2N1CCC(C)CC1.Cl.Cl.O.O.O. The molecule has 0 spiro atoms. The first-order chi connectivity index (χ1) is 10.7. The van der Waals surface area contributed by atoms with Crippen molar-refractivity contribution in [2.45, 2.75) is 26.7 Å². The molecule has 0 aliphatic carbocycles. The Hall–Kier alpha value is -1.35. The van der Waals surface area contributed by atoms with Crippen molar-refractivity contribution in [3.05, 3.63) is 40.8 Å². The fourth-order valence-electron chi connectivity index (χ4n) is 3.21. The van der Waals surface area contributed by atoms with Gasteiger partial charge in [0.2, 0.25) is 0 Å². The molecule has 3 heterocycles. The molecule has 0 bridgehead atoms. The molecule has 1 aromatic carbocycles. The topological polar surface area (TPSA) is 122 Å². The minimum Gasteiger partial charge on any atom is -0.412 e. The monoisotopic (exact) mass is 437 g/mol. The summed E-state index contributed by atoms with van der Waals surface area (Å²) in [6, 6.07) is 10.6. The Morgan fingerprint density at radius 3 is 2.37 bits per heavy atom. The van der Waals surface area contributed by atoms with Crippen LogP contribution >= 0.6 is 36.2 Å². The Bertz CT molecular complexity index is 747. The summed E-state index contributed by atoms with van der Waals surface area (Å²) in [4.78, 5) is 8.82. The number of benzene rings is 1. The maximum atomic E-state index is 5.03. The van der Waals surface area contributed by atoms with Crippen LogP contribution in [0.5, 0.6) is 0 Å². The van der Waals surface area contributed by atoms with Crippen molar-refractivity contribution >= 4 is 58.4 Å². The van der Waals surface area contributed by atoms with E-state index >= 15 is 0 Å². The third-order valence-corrected chi connectivity index (χ3v) is 5.52. The molecule has 6 nitrogen and oxygen atoms in total. The molecule has 2 aliphatic heterocycles. The van der Waals surface area contributed by atoms with Crippen molar-refractivity contribution < 1.29 is 16.4 Å². The molecule has 0 unspecified atom stereocenters. The second-order valence-electron chi connectivity index (χ2n) is 6.35. The molecule has 9 heteroatoms. The lowest BCUT2D eigenvalue weighted by molar-refractivity contribution is 0.281. The average molecular weight is 438 g/mol. The highest BCUT2D eigenvalue weighted by Gasteiger charge is 2.25. The zero-order chi connectivity index (χ0) is 15.1. The third kappa shape index (κ3) is 5.57. The second kappa shape index (κ2) is 11.5. The van der Waals surface area contributed by atoms with Gasteiger partial charge in [-0.15, -0.1) is 36.2 Å². The number of nitrogens with zero attached hydrogens (tertiary/aromatic N) is 2. The number of amidine groups is 1. The van der Waals surface area contributed by atoms with Gasteiger partial charge in [0.25, 0.3) is 0 Å². The number of thiophene rings is 1. The molecule has 7 N–H and O–H groups in total. The van der Waals surface area contributed by atoms with Crippen LogP contribution in [0.15, 0.2) is 35.3 Å². The molecule has 1 fully saturated rings. The van der Waals surface area contributed by atoms with Crippen molar-refractivity contribution in [1.82, 2.24) is 4.90 Å². The quantitative estimate of drug-likeness (QED) is 0.678. The number of anilines is 2. The Labute approximate surface area is 176 Å². The van der Waals surface area contributed by atoms with E-state index in [9.17, 15) is 0 Å². The normalized spacial score (nSPS) is 14.7. The van der Waals surface area contributed by atoms with Gasteiger partial charge in [-0.3, -0.25) is 0 Å². The molecule has 0 amide bonds. The summed E-state index contributed by atoms with van der Waals surface area (Å²) in [6.45, 7) is 6.74. The molecule has 0 saturated carbocycles. The van der Waals surface area contributed by atoms with E-state index in [2.05, 4.69) is 54.4 Å². The van der Waals surface area contributed by atoms with Gasteiger partial charge in [0, 0.05) is 18.0 Å². The number of fused-ring (bicyclic) bond motifs is 2. The fraction of sp³-hybridized carbons (Fsp3) is 0.389. The van der Waals surface area contributed by atoms with Crippen LogP contribution in [-0.2, 0) is 0 Å². The van der Waals surface area contributed by atoms with Gasteiger partial charge in [0.05, 0.1) is 16.9 Å². The summed E-state index contributed by atoms with van der Waals surface area (Å²) in [5, 5.41) is 4.80. The minimum absolute atomic E-state index is 0. The van der Waals surface area contributed by atoms with Crippen LogP contribution in [0.2, 0.25) is 0 Å². The Morgan fingerprint density at radius 2 is 1.70 bits per heavy atom. The van der Waals surface area contributed by atoms with E-state index in [4.69, 9.17) is 4.99 Å². The van der Waals surface area contributed by atoms with Crippen molar-refractivity contribution in [1.29, 1.82) is 0 Å². The number of piperidine rings is 1. The summed E-state index contributed by atoms with van der Waals surface area (Å²) in [5.41, 5.74) is 3.40. The van der Waals surface area contributed by atoms with E-state index in [1.807, 2.05) is 11.3 Å². The number of halogens is 2. The molecule has 2 aromatic rings. The first kappa shape index (κ1) is 27.9. The van der Waals surface area contributed by atoms with Gasteiger partial charge in [-0.2, -0.15) is 0 Å². The average Bonchev–Trinajstić information content (AvgIpc) is 2.80. The number of likely N-dealkylation sites (tertiary alicyclic amines) is 1. The molecule has 1 saturated heterocycles. The summed E-state index contributed by atoms with van der Waals surface area (Å²) >= 11 is 1.82. The Balaban J connectivity index is 0. The summed E-state index contributed by atoms with van der Waals surface area (Å²) in [6.07, 6.45) is 2.51. The standard InChI is InChI=1S/C18H21N3S.2ClH.3H2O/c1-12-7-9-21(10-8-12)17-14-11-13(2)22-18(14)20-16-6-4-3-5-15(16)19-17;;;;;/h3-6,11-12,20H,7-10H2,1-2H3;2*1H;3*1H2. The number of hydrogen-bond donors (Lipinski definition) is 1. The molecule has 27 heavy (non-hydrogen) atoms. The molecule has 0 radical (unpaired) electrons. The Kier molecular flexibility index (Phi) is 11.9. The number of nitrogens with one attached hydrogen (secondary N) is 1. The van der Waals surface area contributed by atoms with Gasteiger partial charge in [0.1, 0.15) is 10.8 Å². The lowest BCUT2D eigenvalue weighted by Crippen LogP contribution is -2.38. The van der Waals surface area contributed by atoms with Crippen LogP contribution in [0.25, 0.3) is 0 Å². The lowest BCUT2D eigenvalue weighted by atomic mass is 9.98. The summed E-state index contributed by atoms with van der Waals surface area (Å²) in [5.74, 6) is 1.97. The highest BCUT2D eigenvalue weighted by Crippen LogP contribution is 2.39. The molecule has 1 aromatic heterocycles. The van der Waals surface area contributed by atoms with Crippen molar-refractivity contribution in [3.8, 4) is 0 Å². The van der Waals surface area contributed by atoms with Gasteiger partial charge in [-0.25, -0.2) is 4.99 Å². The zero-order valence-electron chi connectivity index (χ0n) is 15.4. The molecular weight excluding hydrogens is 409 g/mol. The van der Waals surface area contributed by atoms with E-state index in [1.165, 1.54) is 28.3 Å². The van der Waals surface area contributed by atoms with Crippen LogP contribution in [0.1, 0.15) is 30.2 Å². The number of para-hydroxylation sites is 2. The number of hydrogen-bond acceptors (Lipinski definition) is 4. The van der Waals surface area contributed by atoms with E-state index in [0.717, 1.165) is 36.2 Å². The van der Waals surface area contributed by atoms with E-state index in [0.29, 0.717) is 0 Å². The molecule has 0 atom stereocenters. The van der Waals surface area contributed by atoms with Crippen LogP contribution < -0.4 is 5.32 Å². The van der Waals surface area contributed by atoms with E-state index < -0.39 is 0 Å². The summed E-state index contributed by atoms with van der Waals surface area (Å²) < 4.78 is 0. The predicted octanol–water partition coefficient (Wildman–Crippen LogP) is 3.29. The number of rotatable bonds is 0.